The Balaban J connectivity index is 1.74. The van der Waals surface area contributed by atoms with Crippen LogP contribution in [0, 0.1) is 6.92 Å². The van der Waals surface area contributed by atoms with Gasteiger partial charge in [-0.2, -0.15) is 4.31 Å². The van der Waals surface area contributed by atoms with Crippen LogP contribution in [0.1, 0.15) is 65.0 Å². The van der Waals surface area contributed by atoms with E-state index >= 15 is 0 Å². The number of para-hydroxylation sites is 1. The number of carbonyl (C=O) groups excluding carboxylic acids is 2. The molecule has 1 aliphatic heterocycles. The number of ketones is 1. The van der Waals surface area contributed by atoms with Crippen molar-refractivity contribution in [3.8, 4) is 5.75 Å². The summed E-state index contributed by atoms with van der Waals surface area (Å²) >= 11 is 1.44. The molecule has 0 saturated heterocycles. The molecule has 0 amide bonds. The minimum absolute atomic E-state index is 0.0332. The summed E-state index contributed by atoms with van der Waals surface area (Å²) in [5.74, 6) is 0.0335. The topological polar surface area (TPSA) is 90.0 Å². The lowest BCUT2D eigenvalue weighted by molar-refractivity contribution is -0.133. The first-order valence-electron chi connectivity index (χ1n) is 12.2. The third-order valence-corrected chi connectivity index (χ3v) is 9.64. The molecule has 0 spiro atoms. The number of aryl methyl sites for hydroxylation is 1. The van der Waals surface area contributed by atoms with Gasteiger partial charge in [-0.3, -0.25) is 9.59 Å². The van der Waals surface area contributed by atoms with E-state index in [1.165, 1.54) is 22.6 Å². The number of fused-ring (bicyclic) bond motifs is 1. The van der Waals surface area contributed by atoms with E-state index < -0.39 is 16.1 Å². The Labute approximate surface area is 222 Å². The van der Waals surface area contributed by atoms with E-state index in [2.05, 4.69) is 0 Å². The summed E-state index contributed by atoms with van der Waals surface area (Å²) in [6.07, 6.45) is -0.0937. The summed E-state index contributed by atoms with van der Waals surface area (Å²) in [7, 11) is -3.79. The molecule has 4 rings (SSSR count). The van der Waals surface area contributed by atoms with Gasteiger partial charge in [0, 0.05) is 22.4 Å². The van der Waals surface area contributed by atoms with Crippen LogP contribution in [0.2, 0.25) is 0 Å². The normalized spacial score (nSPS) is 18.6. The molecule has 0 saturated carbocycles. The number of rotatable bonds is 9. The number of benzene rings is 2. The number of thiophene rings is 1. The minimum atomic E-state index is -3.79. The number of ether oxygens (including phenoxy) is 2. The van der Waals surface area contributed by atoms with Crippen LogP contribution < -0.4 is 4.74 Å². The molecule has 3 aromatic rings. The first kappa shape index (κ1) is 27.0. The van der Waals surface area contributed by atoms with E-state index in [-0.39, 0.29) is 35.8 Å². The van der Waals surface area contributed by atoms with Gasteiger partial charge in [0.25, 0.3) is 6.47 Å². The zero-order chi connectivity index (χ0) is 26.7. The molecule has 2 unspecified atom stereocenters. The van der Waals surface area contributed by atoms with Crippen molar-refractivity contribution in [2.75, 3.05) is 6.54 Å². The molecule has 0 bridgehead atoms. The Kier molecular flexibility index (Phi) is 8.16. The lowest BCUT2D eigenvalue weighted by Gasteiger charge is -2.26. The minimum Gasteiger partial charge on any atom is -0.488 e. The summed E-state index contributed by atoms with van der Waals surface area (Å²) in [5, 5.41) is 1.81. The summed E-state index contributed by atoms with van der Waals surface area (Å²) in [6, 6.07) is 14.5. The summed E-state index contributed by atoms with van der Waals surface area (Å²) in [4.78, 5) is 24.2. The highest BCUT2D eigenvalue weighted by molar-refractivity contribution is 7.89. The maximum Gasteiger partial charge on any atom is 0.293 e. The van der Waals surface area contributed by atoms with Crippen LogP contribution in [0.5, 0.6) is 5.75 Å². The molecule has 9 heteroatoms. The zero-order valence-corrected chi connectivity index (χ0v) is 23.0. The summed E-state index contributed by atoms with van der Waals surface area (Å²) < 4.78 is 40.2. The van der Waals surface area contributed by atoms with Crippen molar-refractivity contribution in [1.82, 2.24) is 4.31 Å². The van der Waals surface area contributed by atoms with Crippen molar-refractivity contribution in [2.45, 2.75) is 63.7 Å². The molecule has 7 nitrogen and oxygen atoms in total. The quantitative estimate of drug-likeness (QED) is 0.269. The van der Waals surface area contributed by atoms with Crippen molar-refractivity contribution in [3.63, 3.8) is 0 Å². The summed E-state index contributed by atoms with van der Waals surface area (Å²) in [5.41, 5.74) is 3.28. The maximum atomic E-state index is 13.7. The highest BCUT2D eigenvalue weighted by atomic mass is 32.2. The predicted molar refractivity (Wildman–Crippen MR) is 143 cm³/mol. The third-order valence-electron chi connectivity index (χ3n) is 6.77. The molecule has 0 N–H and O–H groups in total. The number of hydrogen-bond acceptors (Lipinski definition) is 7. The Bertz CT molecular complexity index is 1400. The highest BCUT2D eigenvalue weighted by Gasteiger charge is 2.34. The molecule has 3 atom stereocenters. The SMILES string of the molecule is CC[C@@H]1CN(Cc2cc(C(c3cc(C(C)=O)cs3)C(C)OC=O)ccc2C)S(=O)(=O)c2ccccc2O1. The second kappa shape index (κ2) is 11.2. The van der Waals surface area contributed by atoms with Gasteiger partial charge in [-0.15, -0.1) is 11.3 Å². The van der Waals surface area contributed by atoms with Crippen LogP contribution in [0.15, 0.2) is 58.8 Å². The number of nitrogens with zero attached hydrogens (tertiary/aromatic N) is 1. The van der Waals surface area contributed by atoms with E-state index in [9.17, 15) is 18.0 Å². The molecular weight excluding hydrogens is 510 g/mol. The molecular formula is C28H31NO6S2. The van der Waals surface area contributed by atoms with E-state index in [1.54, 1.807) is 29.6 Å². The molecule has 1 aromatic heterocycles. The smallest absolute Gasteiger partial charge is 0.293 e. The Hall–Kier alpha value is -3.01. The lowest BCUT2D eigenvalue weighted by Crippen LogP contribution is -2.36. The van der Waals surface area contributed by atoms with Crippen molar-refractivity contribution in [2.24, 2.45) is 0 Å². The number of Topliss-reactive ketones (excluding diaryl/α,β-unsaturated/α-hetero) is 1. The van der Waals surface area contributed by atoms with E-state index in [0.717, 1.165) is 21.6 Å². The van der Waals surface area contributed by atoms with Crippen LogP contribution >= 0.6 is 11.3 Å². The van der Waals surface area contributed by atoms with Crippen LogP contribution in [-0.4, -0.2) is 43.7 Å². The van der Waals surface area contributed by atoms with Crippen LogP contribution in [0.25, 0.3) is 0 Å². The van der Waals surface area contributed by atoms with Gasteiger partial charge in [-0.25, -0.2) is 8.42 Å². The third kappa shape index (κ3) is 5.63. The molecule has 0 aliphatic carbocycles. The Morgan fingerprint density at radius 2 is 2.00 bits per heavy atom. The molecule has 1 aliphatic rings. The van der Waals surface area contributed by atoms with Crippen LogP contribution in [-0.2, 0) is 26.1 Å². The highest BCUT2D eigenvalue weighted by Crippen LogP contribution is 2.36. The largest absolute Gasteiger partial charge is 0.488 e. The van der Waals surface area contributed by atoms with Gasteiger partial charge >= 0.3 is 0 Å². The average molecular weight is 542 g/mol. The fourth-order valence-electron chi connectivity index (χ4n) is 4.58. The zero-order valence-electron chi connectivity index (χ0n) is 21.3. The Morgan fingerprint density at radius 3 is 2.68 bits per heavy atom. The molecule has 2 heterocycles. The molecule has 2 aromatic carbocycles. The van der Waals surface area contributed by atoms with Crippen molar-refractivity contribution < 1.29 is 27.5 Å². The van der Waals surface area contributed by atoms with Crippen LogP contribution in [0.3, 0.4) is 0 Å². The maximum absolute atomic E-state index is 13.7. The first-order valence-corrected chi connectivity index (χ1v) is 14.5. The van der Waals surface area contributed by atoms with Gasteiger partial charge in [0.15, 0.2) is 5.78 Å². The average Bonchev–Trinajstić information content (AvgIpc) is 3.31. The van der Waals surface area contributed by atoms with E-state index in [4.69, 9.17) is 9.47 Å². The van der Waals surface area contributed by atoms with Crippen molar-refractivity contribution in [1.29, 1.82) is 0 Å². The number of sulfonamides is 1. The monoisotopic (exact) mass is 541 g/mol. The number of hydrogen-bond donors (Lipinski definition) is 0. The van der Waals surface area contributed by atoms with Gasteiger partial charge in [-0.05, 0) is 62.1 Å². The molecule has 196 valence electrons. The molecule has 0 radical (unpaired) electrons. The Morgan fingerprint density at radius 1 is 1.24 bits per heavy atom. The standard InChI is InChI=1S/C28H31NO6S2/c1-5-24-15-29(37(32,33)27-9-7-6-8-25(27)35-24)14-22-12-21(11-10-18(22)2)28(20(4)34-17-30)26-13-23(16-36-26)19(3)31/h6-13,16-17,20,24,28H,5,14-15H2,1-4H3/t20?,24-,28?/m1/s1. The summed E-state index contributed by atoms with van der Waals surface area (Å²) in [6.45, 7) is 8.09. The van der Waals surface area contributed by atoms with Gasteiger partial charge in [0.1, 0.15) is 22.9 Å². The molecule has 0 fully saturated rings. The van der Waals surface area contributed by atoms with Gasteiger partial charge < -0.3 is 9.47 Å². The van der Waals surface area contributed by atoms with E-state index in [1.807, 2.05) is 45.0 Å². The predicted octanol–water partition coefficient (Wildman–Crippen LogP) is 5.31. The van der Waals surface area contributed by atoms with Crippen molar-refractivity contribution in [3.05, 3.63) is 81.0 Å². The van der Waals surface area contributed by atoms with Gasteiger partial charge in [-0.1, -0.05) is 37.3 Å². The second-order valence-electron chi connectivity index (χ2n) is 9.29. The van der Waals surface area contributed by atoms with Crippen molar-refractivity contribution >= 4 is 33.6 Å². The first-order chi connectivity index (χ1) is 17.6. The molecule has 37 heavy (non-hydrogen) atoms. The fraction of sp³-hybridized carbons (Fsp3) is 0.357. The number of carbonyl (C=O) groups is 2. The fourth-order valence-corrected chi connectivity index (χ4v) is 7.32. The van der Waals surface area contributed by atoms with Gasteiger partial charge in [0.05, 0.1) is 12.5 Å². The van der Waals surface area contributed by atoms with E-state index in [0.29, 0.717) is 24.2 Å². The second-order valence-corrected chi connectivity index (χ2v) is 12.1. The lowest BCUT2D eigenvalue weighted by atomic mass is 9.89. The van der Waals surface area contributed by atoms with Gasteiger partial charge in [0.2, 0.25) is 10.0 Å². The van der Waals surface area contributed by atoms with Crippen LogP contribution in [0.4, 0.5) is 0 Å².